The molecular weight excluding hydrogens is 210 g/mol. The van der Waals surface area contributed by atoms with Crippen molar-refractivity contribution in [2.45, 2.75) is 34.6 Å². The minimum atomic E-state index is -2.97. The second-order valence-corrected chi connectivity index (χ2v) is 7.47. The van der Waals surface area contributed by atoms with Gasteiger partial charge in [-0.3, -0.25) is 0 Å². The third kappa shape index (κ3) is 2.07. The molecule has 1 aliphatic rings. The first-order chi connectivity index (χ1) is 6.76. The molecule has 1 fully saturated rings. The van der Waals surface area contributed by atoms with Crippen molar-refractivity contribution in [3.63, 3.8) is 0 Å². The van der Waals surface area contributed by atoms with Crippen molar-refractivity contribution in [3.8, 4) is 0 Å². The largest absolute Gasteiger partial charge is 0.213 e. The number of sulfonamides is 1. The van der Waals surface area contributed by atoms with Gasteiger partial charge in [0.25, 0.3) is 0 Å². The van der Waals surface area contributed by atoms with Crippen molar-refractivity contribution >= 4 is 10.0 Å². The van der Waals surface area contributed by atoms with Crippen LogP contribution in [0.5, 0.6) is 0 Å². The van der Waals surface area contributed by atoms with Gasteiger partial charge in [0.15, 0.2) is 0 Å². The predicted molar refractivity (Wildman–Crippen MR) is 63.1 cm³/mol. The molecule has 1 rings (SSSR count). The lowest BCUT2D eigenvalue weighted by molar-refractivity contribution is -0.0225. The minimum Gasteiger partial charge on any atom is -0.212 e. The lowest BCUT2D eigenvalue weighted by Crippen LogP contribution is -2.63. The predicted octanol–water partition coefficient (Wildman–Crippen LogP) is 1.95. The van der Waals surface area contributed by atoms with E-state index in [1.807, 2.05) is 0 Å². The van der Waals surface area contributed by atoms with Crippen LogP contribution in [0.15, 0.2) is 0 Å². The van der Waals surface area contributed by atoms with Crippen molar-refractivity contribution in [1.29, 1.82) is 0 Å². The first-order valence-electron chi connectivity index (χ1n) is 5.74. The molecular formula is C11H23NO2S. The Hall–Kier alpha value is -0.0900. The van der Waals surface area contributed by atoms with E-state index in [2.05, 4.69) is 27.7 Å². The maximum absolute atomic E-state index is 11.6. The fourth-order valence-corrected chi connectivity index (χ4v) is 3.63. The van der Waals surface area contributed by atoms with Crippen molar-refractivity contribution in [2.75, 3.05) is 18.8 Å². The smallest absolute Gasteiger partial charge is 0.212 e. The van der Waals surface area contributed by atoms with Gasteiger partial charge in [0.05, 0.1) is 5.75 Å². The molecule has 0 aromatic rings. The van der Waals surface area contributed by atoms with Crippen molar-refractivity contribution in [2.24, 2.45) is 17.3 Å². The molecule has 0 radical (unpaired) electrons. The number of hydrogen-bond acceptors (Lipinski definition) is 2. The van der Waals surface area contributed by atoms with Gasteiger partial charge in [-0.1, -0.05) is 27.7 Å². The van der Waals surface area contributed by atoms with E-state index in [9.17, 15) is 8.42 Å². The molecule has 90 valence electrons. The Morgan fingerprint density at radius 2 is 1.53 bits per heavy atom. The molecule has 0 amide bonds. The number of nitrogens with zero attached hydrogens (tertiary/aromatic N) is 1. The van der Waals surface area contributed by atoms with E-state index in [1.165, 1.54) is 0 Å². The number of rotatable bonds is 4. The summed E-state index contributed by atoms with van der Waals surface area (Å²) in [5.74, 6) is 1.31. The van der Waals surface area contributed by atoms with Crippen LogP contribution in [-0.2, 0) is 10.0 Å². The average Bonchev–Trinajstić information content (AvgIpc) is 2.00. The molecule has 0 aromatic heterocycles. The summed E-state index contributed by atoms with van der Waals surface area (Å²) in [5.41, 5.74) is 0.197. The molecule has 3 nitrogen and oxygen atoms in total. The Morgan fingerprint density at radius 1 is 1.13 bits per heavy atom. The van der Waals surface area contributed by atoms with Gasteiger partial charge < -0.3 is 0 Å². The molecule has 0 saturated carbocycles. The van der Waals surface area contributed by atoms with Gasteiger partial charge in [-0.05, 0) is 18.8 Å². The maximum Gasteiger partial charge on any atom is 0.213 e. The highest BCUT2D eigenvalue weighted by molar-refractivity contribution is 7.89. The summed E-state index contributed by atoms with van der Waals surface area (Å²) < 4.78 is 24.9. The van der Waals surface area contributed by atoms with Crippen LogP contribution in [0.2, 0.25) is 0 Å². The van der Waals surface area contributed by atoms with E-state index >= 15 is 0 Å². The monoisotopic (exact) mass is 233 g/mol. The van der Waals surface area contributed by atoms with Gasteiger partial charge in [0, 0.05) is 18.5 Å². The van der Waals surface area contributed by atoms with Crippen LogP contribution in [-0.4, -0.2) is 31.6 Å². The third-order valence-corrected chi connectivity index (χ3v) is 5.77. The molecule has 0 N–H and O–H groups in total. The van der Waals surface area contributed by atoms with Crippen LogP contribution in [0.1, 0.15) is 34.6 Å². The van der Waals surface area contributed by atoms with Gasteiger partial charge in [-0.15, -0.1) is 0 Å². The highest BCUT2D eigenvalue weighted by Crippen LogP contribution is 2.45. The van der Waals surface area contributed by atoms with E-state index < -0.39 is 10.0 Å². The van der Waals surface area contributed by atoms with Crippen LogP contribution in [0.3, 0.4) is 0 Å². The lowest BCUT2D eigenvalue weighted by Gasteiger charge is -2.54. The van der Waals surface area contributed by atoms with E-state index in [0.29, 0.717) is 24.9 Å². The Labute approximate surface area is 93.9 Å². The van der Waals surface area contributed by atoms with Crippen LogP contribution in [0.25, 0.3) is 0 Å². The molecule has 4 heteroatoms. The molecule has 1 saturated heterocycles. The van der Waals surface area contributed by atoms with Gasteiger partial charge in [0.1, 0.15) is 0 Å². The van der Waals surface area contributed by atoms with Gasteiger partial charge in [-0.25, -0.2) is 12.7 Å². The summed E-state index contributed by atoms with van der Waals surface area (Å²) in [6, 6.07) is 0. The summed E-state index contributed by atoms with van der Waals surface area (Å²) in [6.45, 7) is 11.9. The normalized spacial score (nSPS) is 22.1. The van der Waals surface area contributed by atoms with Gasteiger partial charge >= 0.3 is 0 Å². The summed E-state index contributed by atoms with van der Waals surface area (Å²) in [6.07, 6.45) is 0. The Morgan fingerprint density at radius 3 is 1.80 bits per heavy atom. The van der Waals surface area contributed by atoms with Crippen LogP contribution in [0.4, 0.5) is 0 Å². The summed E-state index contributed by atoms with van der Waals surface area (Å²) in [4.78, 5) is 0. The summed E-state index contributed by atoms with van der Waals surface area (Å²) in [5, 5.41) is 0. The first-order valence-corrected chi connectivity index (χ1v) is 7.35. The molecule has 1 aliphatic heterocycles. The molecule has 15 heavy (non-hydrogen) atoms. The van der Waals surface area contributed by atoms with Crippen LogP contribution < -0.4 is 0 Å². The minimum absolute atomic E-state index is 0.197. The molecule has 0 atom stereocenters. The Balaban J connectivity index is 2.76. The van der Waals surface area contributed by atoms with E-state index in [-0.39, 0.29) is 11.2 Å². The van der Waals surface area contributed by atoms with Crippen LogP contribution >= 0.6 is 0 Å². The standard InChI is InChI=1S/C11H23NO2S/c1-6-15(13,14)12-7-11(8-12,9(2)3)10(4)5/h9-10H,6-8H2,1-5H3. The summed E-state index contributed by atoms with van der Waals surface area (Å²) in [7, 11) is -2.97. The third-order valence-electron chi connectivity index (χ3n) is 4.00. The average molecular weight is 233 g/mol. The molecule has 0 aliphatic carbocycles. The molecule has 0 aromatic carbocycles. The molecule has 1 heterocycles. The second-order valence-electron chi connectivity index (χ2n) is 5.21. The second kappa shape index (κ2) is 4.06. The zero-order valence-corrected chi connectivity index (χ0v) is 11.3. The zero-order chi connectivity index (χ0) is 11.9. The molecule has 0 bridgehead atoms. The maximum atomic E-state index is 11.6. The van der Waals surface area contributed by atoms with Gasteiger partial charge in [-0.2, -0.15) is 0 Å². The lowest BCUT2D eigenvalue weighted by atomic mass is 9.65. The van der Waals surface area contributed by atoms with Gasteiger partial charge in [0.2, 0.25) is 10.0 Å². The molecule has 0 spiro atoms. The number of hydrogen-bond donors (Lipinski definition) is 0. The van der Waals surface area contributed by atoms with E-state index in [4.69, 9.17) is 0 Å². The highest BCUT2D eigenvalue weighted by Gasteiger charge is 2.50. The Bertz CT molecular complexity index is 303. The molecule has 0 unspecified atom stereocenters. The fraction of sp³-hybridized carbons (Fsp3) is 1.00. The van der Waals surface area contributed by atoms with Crippen LogP contribution in [0, 0.1) is 17.3 Å². The highest BCUT2D eigenvalue weighted by atomic mass is 32.2. The topological polar surface area (TPSA) is 37.4 Å². The fourth-order valence-electron chi connectivity index (χ4n) is 2.39. The Kier molecular flexibility index (Phi) is 3.51. The SMILES string of the molecule is CCS(=O)(=O)N1CC(C(C)C)(C(C)C)C1. The zero-order valence-electron chi connectivity index (χ0n) is 10.4. The van der Waals surface area contributed by atoms with Crippen molar-refractivity contribution in [3.05, 3.63) is 0 Å². The summed E-state index contributed by atoms with van der Waals surface area (Å²) >= 11 is 0. The van der Waals surface area contributed by atoms with E-state index in [0.717, 1.165) is 0 Å². The van der Waals surface area contributed by atoms with E-state index in [1.54, 1.807) is 11.2 Å². The van der Waals surface area contributed by atoms with Crippen molar-refractivity contribution < 1.29 is 8.42 Å². The van der Waals surface area contributed by atoms with Crippen molar-refractivity contribution in [1.82, 2.24) is 4.31 Å². The quantitative estimate of drug-likeness (QED) is 0.744. The first kappa shape index (κ1) is 13.0.